The number of nitrogens with zero attached hydrogens (tertiary/aromatic N) is 2. The summed E-state index contributed by atoms with van der Waals surface area (Å²) in [5.74, 6) is -0.0340. The Morgan fingerprint density at radius 1 is 1.38 bits per heavy atom. The lowest BCUT2D eigenvalue weighted by Crippen LogP contribution is -2.41. The predicted octanol–water partition coefficient (Wildman–Crippen LogP) is 4.69. The largest absolute Gasteiger partial charge is 0.443 e. The van der Waals surface area contributed by atoms with E-state index in [4.69, 9.17) is 16.3 Å². The molecule has 1 heterocycles. The first-order chi connectivity index (χ1) is 11.0. The Labute approximate surface area is 157 Å². The van der Waals surface area contributed by atoms with Crippen LogP contribution in [0.15, 0.2) is 38.5 Å². The van der Waals surface area contributed by atoms with Gasteiger partial charge < -0.3 is 4.74 Å². The van der Waals surface area contributed by atoms with Crippen molar-refractivity contribution >= 4 is 60.8 Å². The van der Waals surface area contributed by atoms with Crippen LogP contribution in [0.4, 0.5) is 10.6 Å². The van der Waals surface area contributed by atoms with Crippen LogP contribution >= 0.6 is 38.9 Å². The van der Waals surface area contributed by atoms with Crippen LogP contribution in [0, 0.1) is 0 Å². The van der Waals surface area contributed by atoms with Crippen molar-refractivity contribution in [2.45, 2.75) is 31.3 Å². The zero-order valence-electron chi connectivity index (χ0n) is 13.0. The molecule has 0 bridgehead atoms. The first-order valence-electron chi connectivity index (χ1n) is 6.64. The van der Waals surface area contributed by atoms with Crippen molar-refractivity contribution in [2.24, 2.45) is 0 Å². The number of amides is 1. The van der Waals surface area contributed by atoms with E-state index < -0.39 is 21.7 Å². The van der Waals surface area contributed by atoms with E-state index in [1.165, 1.54) is 29.1 Å². The fraction of sp³-hybridized carbons (Fsp3) is 0.286. The van der Waals surface area contributed by atoms with Crippen molar-refractivity contribution in [3.8, 4) is 0 Å². The molecule has 10 heteroatoms. The third kappa shape index (κ3) is 4.27. The Bertz CT molecular complexity index is 848. The van der Waals surface area contributed by atoms with E-state index >= 15 is 0 Å². The third-order valence-electron chi connectivity index (χ3n) is 2.62. The van der Waals surface area contributed by atoms with E-state index in [2.05, 4.69) is 20.9 Å². The van der Waals surface area contributed by atoms with Crippen LogP contribution < -0.4 is 4.31 Å². The predicted molar refractivity (Wildman–Crippen MR) is 97.2 cm³/mol. The van der Waals surface area contributed by atoms with E-state index in [-0.39, 0.29) is 15.7 Å². The second-order valence-electron chi connectivity index (χ2n) is 5.67. The highest BCUT2D eigenvalue weighted by Crippen LogP contribution is 2.30. The van der Waals surface area contributed by atoms with Crippen LogP contribution in [0.3, 0.4) is 0 Å². The standard InChI is InChI=1S/C14H14BrClN2O4S2/c1-14(2,3)22-13(19)18(12-7-23-8-17-12)24(20,21)9-4-5-10(15)11(16)6-9/h4-8H,1-3H3. The molecule has 0 spiro atoms. The van der Waals surface area contributed by atoms with Crippen molar-refractivity contribution < 1.29 is 17.9 Å². The van der Waals surface area contributed by atoms with E-state index in [9.17, 15) is 13.2 Å². The average Bonchev–Trinajstić information content (AvgIpc) is 2.93. The summed E-state index contributed by atoms with van der Waals surface area (Å²) in [5.41, 5.74) is 0.565. The summed E-state index contributed by atoms with van der Waals surface area (Å²) in [6, 6.07) is 4.09. The molecule has 6 nitrogen and oxygen atoms in total. The normalized spacial score (nSPS) is 12.0. The van der Waals surface area contributed by atoms with Crippen LogP contribution in [-0.4, -0.2) is 25.1 Å². The van der Waals surface area contributed by atoms with Gasteiger partial charge in [-0.25, -0.2) is 18.2 Å². The Kier molecular flexibility index (Phi) is 5.58. The molecule has 1 aromatic carbocycles. The number of carbonyl (C=O) groups is 1. The first kappa shape index (κ1) is 19.2. The number of anilines is 1. The van der Waals surface area contributed by atoms with Crippen molar-refractivity contribution in [1.82, 2.24) is 4.98 Å². The maximum atomic E-state index is 12.9. The molecule has 0 aliphatic rings. The summed E-state index contributed by atoms with van der Waals surface area (Å²) in [7, 11) is -4.24. The van der Waals surface area contributed by atoms with Crippen molar-refractivity contribution in [1.29, 1.82) is 0 Å². The molecule has 2 rings (SSSR count). The fourth-order valence-electron chi connectivity index (χ4n) is 1.67. The fourth-order valence-corrected chi connectivity index (χ4v) is 4.04. The summed E-state index contributed by atoms with van der Waals surface area (Å²) >= 11 is 10.3. The SMILES string of the molecule is CC(C)(C)OC(=O)N(c1cscn1)S(=O)(=O)c1ccc(Br)c(Cl)c1. The highest BCUT2D eigenvalue weighted by Gasteiger charge is 2.36. The van der Waals surface area contributed by atoms with Gasteiger partial charge in [0, 0.05) is 9.85 Å². The van der Waals surface area contributed by atoms with Gasteiger partial charge in [-0.05, 0) is 54.9 Å². The van der Waals surface area contributed by atoms with Crippen LogP contribution in [-0.2, 0) is 14.8 Å². The van der Waals surface area contributed by atoms with E-state index in [1.54, 1.807) is 20.8 Å². The highest BCUT2D eigenvalue weighted by molar-refractivity contribution is 9.10. The summed E-state index contributed by atoms with van der Waals surface area (Å²) in [5, 5.41) is 1.65. The second kappa shape index (κ2) is 6.99. The third-order valence-corrected chi connectivity index (χ3v) is 6.09. The van der Waals surface area contributed by atoms with Crippen molar-refractivity contribution in [2.75, 3.05) is 4.31 Å². The van der Waals surface area contributed by atoms with Gasteiger partial charge in [0.25, 0.3) is 10.0 Å². The Hall–Kier alpha value is -1.16. The molecular formula is C14H14BrClN2O4S2. The van der Waals surface area contributed by atoms with Gasteiger partial charge in [0.2, 0.25) is 0 Å². The Morgan fingerprint density at radius 3 is 2.54 bits per heavy atom. The van der Waals surface area contributed by atoms with Gasteiger partial charge in [0.15, 0.2) is 5.82 Å². The Balaban J connectivity index is 2.53. The van der Waals surface area contributed by atoms with Gasteiger partial charge in [0.05, 0.1) is 15.4 Å². The molecule has 0 atom stereocenters. The second-order valence-corrected chi connectivity index (χ2v) is 9.44. The van der Waals surface area contributed by atoms with Crippen LogP contribution in [0.2, 0.25) is 5.02 Å². The van der Waals surface area contributed by atoms with Crippen molar-refractivity contribution in [3.63, 3.8) is 0 Å². The van der Waals surface area contributed by atoms with E-state index in [0.717, 1.165) is 11.3 Å². The van der Waals surface area contributed by atoms with Gasteiger partial charge >= 0.3 is 6.09 Å². The number of rotatable bonds is 3. The lowest BCUT2D eigenvalue weighted by Gasteiger charge is -2.25. The summed E-state index contributed by atoms with van der Waals surface area (Å²) in [4.78, 5) is 16.3. The zero-order chi connectivity index (χ0) is 18.1. The Morgan fingerprint density at radius 2 is 2.04 bits per heavy atom. The van der Waals surface area contributed by atoms with E-state index in [1.807, 2.05) is 0 Å². The maximum absolute atomic E-state index is 12.9. The number of aromatic nitrogens is 1. The number of halogens is 2. The molecule has 1 aromatic heterocycles. The number of carbonyl (C=O) groups excluding carboxylic acids is 1. The summed E-state index contributed by atoms with van der Waals surface area (Å²) < 4.78 is 32.2. The molecule has 0 aliphatic carbocycles. The number of hydrogen-bond acceptors (Lipinski definition) is 6. The molecular weight excluding hydrogens is 440 g/mol. The lowest BCUT2D eigenvalue weighted by atomic mass is 10.2. The number of thiazole rings is 1. The first-order valence-corrected chi connectivity index (χ1v) is 10.2. The van der Waals surface area contributed by atoms with Gasteiger partial charge in [-0.1, -0.05) is 11.6 Å². The van der Waals surface area contributed by atoms with E-state index in [0.29, 0.717) is 8.78 Å². The molecule has 0 saturated carbocycles. The molecule has 0 fully saturated rings. The number of sulfonamides is 1. The lowest BCUT2D eigenvalue weighted by molar-refractivity contribution is 0.0608. The highest BCUT2D eigenvalue weighted by atomic mass is 79.9. The zero-order valence-corrected chi connectivity index (χ0v) is 17.0. The molecule has 0 radical (unpaired) electrons. The molecule has 0 aliphatic heterocycles. The minimum atomic E-state index is -4.24. The molecule has 0 unspecified atom stereocenters. The summed E-state index contributed by atoms with van der Waals surface area (Å²) in [6.45, 7) is 4.94. The van der Waals surface area contributed by atoms with Crippen molar-refractivity contribution in [3.05, 3.63) is 38.6 Å². The molecule has 24 heavy (non-hydrogen) atoms. The summed E-state index contributed by atoms with van der Waals surface area (Å²) in [6.07, 6.45) is -1.03. The van der Waals surface area contributed by atoms with Gasteiger partial charge in [0.1, 0.15) is 5.60 Å². The number of benzene rings is 1. The number of hydrogen-bond donors (Lipinski definition) is 0. The van der Waals surface area contributed by atoms with Crippen LogP contribution in [0.1, 0.15) is 20.8 Å². The van der Waals surface area contributed by atoms with Crippen LogP contribution in [0.5, 0.6) is 0 Å². The molecule has 1 amide bonds. The van der Waals surface area contributed by atoms with Gasteiger partial charge in [-0.3, -0.25) is 0 Å². The smallest absolute Gasteiger partial charge is 0.430 e. The van der Waals surface area contributed by atoms with Gasteiger partial charge in [-0.2, -0.15) is 0 Å². The molecule has 130 valence electrons. The molecule has 0 saturated heterocycles. The van der Waals surface area contributed by atoms with Gasteiger partial charge in [-0.15, -0.1) is 15.6 Å². The molecule has 0 N–H and O–H groups in total. The minimum Gasteiger partial charge on any atom is -0.443 e. The minimum absolute atomic E-state index is 0.0340. The number of ether oxygens (including phenoxy) is 1. The van der Waals surface area contributed by atoms with Crippen LogP contribution in [0.25, 0.3) is 0 Å². The quantitative estimate of drug-likeness (QED) is 0.674. The molecule has 2 aromatic rings. The average molecular weight is 454 g/mol. The topological polar surface area (TPSA) is 76.6 Å². The maximum Gasteiger partial charge on any atom is 0.430 e. The monoisotopic (exact) mass is 452 g/mol.